The molecule has 0 bridgehead atoms. The van der Waals surface area contributed by atoms with Crippen LogP contribution in [0, 0.1) is 6.92 Å². The van der Waals surface area contributed by atoms with Gasteiger partial charge in [-0.1, -0.05) is 48.5 Å². The first kappa shape index (κ1) is 15.0. The van der Waals surface area contributed by atoms with E-state index in [9.17, 15) is 4.79 Å². The Hall–Kier alpha value is -2.88. The number of rotatable bonds is 3. The van der Waals surface area contributed by atoms with Crippen LogP contribution >= 0.6 is 0 Å². The molecule has 3 aromatic rings. The summed E-state index contributed by atoms with van der Waals surface area (Å²) in [6.07, 6.45) is 0. The number of hydrogen-bond donors (Lipinski definition) is 2. The summed E-state index contributed by atoms with van der Waals surface area (Å²) in [5.74, 6) is 0.160. The quantitative estimate of drug-likeness (QED) is 0.776. The van der Waals surface area contributed by atoms with Gasteiger partial charge in [-0.2, -0.15) is 0 Å². The van der Waals surface area contributed by atoms with E-state index >= 15 is 0 Å². The third-order valence-electron chi connectivity index (χ3n) is 4.01. The summed E-state index contributed by atoms with van der Waals surface area (Å²) < 4.78 is 0. The van der Waals surface area contributed by atoms with Crippen molar-refractivity contribution in [1.82, 2.24) is 10.3 Å². The number of anilines is 1. The lowest BCUT2D eigenvalue weighted by Crippen LogP contribution is -2.27. The molecule has 0 radical (unpaired) electrons. The number of nitrogens with zero attached hydrogens (tertiary/aromatic N) is 1. The molecule has 0 fully saturated rings. The molecule has 3 N–H and O–H groups in total. The van der Waals surface area contributed by atoms with Crippen LogP contribution in [-0.2, 0) is 0 Å². The number of carbonyl (C=O) groups is 1. The monoisotopic (exact) mass is 305 g/mol. The van der Waals surface area contributed by atoms with Gasteiger partial charge in [-0.25, -0.2) is 4.98 Å². The lowest BCUT2D eigenvalue weighted by Gasteiger charge is -2.16. The first-order chi connectivity index (χ1) is 11.1. The van der Waals surface area contributed by atoms with Gasteiger partial charge >= 0.3 is 0 Å². The molecule has 0 saturated carbocycles. The molecule has 4 heteroatoms. The van der Waals surface area contributed by atoms with E-state index in [2.05, 4.69) is 28.5 Å². The largest absolute Gasteiger partial charge is 0.383 e. The fraction of sp³-hybridized carbons (Fsp3) is 0.158. The van der Waals surface area contributed by atoms with Crippen LogP contribution < -0.4 is 11.1 Å². The Morgan fingerprint density at radius 1 is 1.09 bits per heavy atom. The minimum absolute atomic E-state index is 0.127. The van der Waals surface area contributed by atoms with Crippen molar-refractivity contribution in [1.29, 1.82) is 0 Å². The minimum Gasteiger partial charge on any atom is -0.383 e. The predicted octanol–water partition coefficient (Wildman–Crippen LogP) is 3.62. The van der Waals surface area contributed by atoms with E-state index in [1.807, 2.05) is 38.1 Å². The smallest absolute Gasteiger partial charge is 0.270 e. The average Bonchev–Trinajstić information content (AvgIpc) is 2.56. The zero-order chi connectivity index (χ0) is 16.4. The molecule has 0 aliphatic rings. The number of hydrogen-bond acceptors (Lipinski definition) is 3. The van der Waals surface area contributed by atoms with E-state index in [1.54, 1.807) is 12.1 Å². The zero-order valence-electron chi connectivity index (χ0n) is 13.2. The molecule has 0 unspecified atom stereocenters. The van der Waals surface area contributed by atoms with Gasteiger partial charge in [-0.3, -0.25) is 4.79 Å². The first-order valence-electron chi connectivity index (χ1n) is 7.58. The number of amides is 1. The van der Waals surface area contributed by atoms with Gasteiger partial charge in [0.1, 0.15) is 11.5 Å². The van der Waals surface area contributed by atoms with Crippen LogP contribution in [0.4, 0.5) is 5.82 Å². The Labute approximate surface area is 135 Å². The molecular formula is C19H19N3O. The highest BCUT2D eigenvalue weighted by molar-refractivity contribution is 5.93. The fourth-order valence-corrected chi connectivity index (χ4v) is 2.65. The van der Waals surface area contributed by atoms with Crippen molar-refractivity contribution >= 4 is 22.5 Å². The number of nitrogens with two attached hydrogens (primary N) is 1. The molecule has 0 aliphatic heterocycles. The average molecular weight is 305 g/mol. The molecule has 3 rings (SSSR count). The van der Waals surface area contributed by atoms with Crippen molar-refractivity contribution < 1.29 is 4.79 Å². The highest BCUT2D eigenvalue weighted by Crippen LogP contribution is 2.24. The second-order valence-electron chi connectivity index (χ2n) is 5.66. The van der Waals surface area contributed by atoms with Crippen molar-refractivity contribution in [2.45, 2.75) is 19.9 Å². The van der Waals surface area contributed by atoms with Crippen molar-refractivity contribution in [3.8, 4) is 0 Å². The van der Waals surface area contributed by atoms with Crippen LogP contribution in [-0.4, -0.2) is 10.9 Å². The maximum Gasteiger partial charge on any atom is 0.270 e. The fourth-order valence-electron chi connectivity index (χ4n) is 2.65. The molecule has 1 amide bonds. The molecule has 4 nitrogen and oxygen atoms in total. The lowest BCUT2D eigenvalue weighted by atomic mass is 9.99. The zero-order valence-corrected chi connectivity index (χ0v) is 13.2. The standard InChI is InChI=1S/C19H19N3O/c1-12-10-11-17(22-18(12)20)19(23)21-13(2)15-9-5-7-14-6-3-4-8-16(14)15/h3-11,13H,1-2H3,(H2,20,22)(H,21,23)/t13-/m1/s1. The Morgan fingerprint density at radius 3 is 2.61 bits per heavy atom. The van der Waals surface area contributed by atoms with Crippen LogP contribution in [0.25, 0.3) is 10.8 Å². The predicted molar refractivity (Wildman–Crippen MR) is 93.2 cm³/mol. The topological polar surface area (TPSA) is 68.0 Å². The van der Waals surface area contributed by atoms with Crippen LogP contribution in [0.2, 0.25) is 0 Å². The van der Waals surface area contributed by atoms with Crippen LogP contribution in [0.3, 0.4) is 0 Å². The van der Waals surface area contributed by atoms with E-state index < -0.39 is 0 Å². The summed E-state index contributed by atoms with van der Waals surface area (Å²) in [4.78, 5) is 16.5. The van der Waals surface area contributed by atoms with Crippen LogP contribution in [0.5, 0.6) is 0 Å². The molecule has 1 atom stereocenters. The van der Waals surface area contributed by atoms with Gasteiger partial charge < -0.3 is 11.1 Å². The van der Waals surface area contributed by atoms with Crippen molar-refractivity contribution in [3.63, 3.8) is 0 Å². The second-order valence-corrected chi connectivity index (χ2v) is 5.66. The lowest BCUT2D eigenvalue weighted by molar-refractivity contribution is 0.0935. The maximum atomic E-state index is 12.4. The Bertz CT molecular complexity index is 868. The normalized spacial score (nSPS) is 12.1. The highest BCUT2D eigenvalue weighted by Gasteiger charge is 2.15. The van der Waals surface area contributed by atoms with Crippen molar-refractivity contribution in [2.75, 3.05) is 5.73 Å². The van der Waals surface area contributed by atoms with Gasteiger partial charge in [-0.05, 0) is 41.8 Å². The second kappa shape index (κ2) is 6.08. The van der Waals surface area contributed by atoms with Crippen molar-refractivity contribution in [3.05, 3.63) is 71.4 Å². The van der Waals surface area contributed by atoms with Crippen LogP contribution in [0.15, 0.2) is 54.6 Å². The van der Waals surface area contributed by atoms with Gasteiger partial charge in [-0.15, -0.1) is 0 Å². The SMILES string of the molecule is Cc1ccc(C(=O)N[C@H](C)c2cccc3ccccc23)nc1N. The molecular weight excluding hydrogens is 286 g/mol. The third-order valence-corrected chi connectivity index (χ3v) is 4.01. The number of pyridine rings is 1. The Balaban J connectivity index is 1.87. The van der Waals surface area contributed by atoms with E-state index in [0.29, 0.717) is 11.5 Å². The molecule has 1 heterocycles. The number of nitrogens with one attached hydrogen (secondary N) is 1. The summed E-state index contributed by atoms with van der Waals surface area (Å²) in [5.41, 5.74) is 8.06. The summed E-state index contributed by atoms with van der Waals surface area (Å²) in [7, 11) is 0. The van der Waals surface area contributed by atoms with E-state index in [0.717, 1.165) is 21.9 Å². The van der Waals surface area contributed by atoms with Crippen molar-refractivity contribution in [2.24, 2.45) is 0 Å². The first-order valence-corrected chi connectivity index (χ1v) is 7.58. The molecule has 2 aromatic carbocycles. The number of carbonyl (C=O) groups excluding carboxylic acids is 1. The molecule has 0 spiro atoms. The van der Waals surface area contributed by atoms with E-state index in [4.69, 9.17) is 5.73 Å². The number of fused-ring (bicyclic) bond motifs is 1. The van der Waals surface area contributed by atoms with Crippen LogP contribution in [0.1, 0.15) is 34.6 Å². The molecule has 23 heavy (non-hydrogen) atoms. The molecule has 0 saturated heterocycles. The van der Waals surface area contributed by atoms with Gasteiger partial charge in [0.25, 0.3) is 5.91 Å². The summed E-state index contributed by atoms with van der Waals surface area (Å²) in [6.45, 7) is 3.83. The van der Waals surface area contributed by atoms with Gasteiger partial charge in [0, 0.05) is 0 Å². The maximum absolute atomic E-state index is 12.4. The van der Waals surface area contributed by atoms with E-state index in [-0.39, 0.29) is 11.9 Å². The van der Waals surface area contributed by atoms with E-state index in [1.165, 1.54) is 0 Å². The minimum atomic E-state index is -0.225. The Kier molecular flexibility index (Phi) is 3.98. The number of aryl methyl sites for hydroxylation is 1. The number of nitrogen functional groups attached to an aromatic ring is 1. The molecule has 0 aliphatic carbocycles. The van der Waals surface area contributed by atoms with Gasteiger partial charge in [0.05, 0.1) is 6.04 Å². The Morgan fingerprint density at radius 2 is 1.83 bits per heavy atom. The third kappa shape index (κ3) is 3.01. The summed E-state index contributed by atoms with van der Waals surface area (Å²) in [6, 6.07) is 17.6. The van der Waals surface area contributed by atoms with Gasteiger partial charge in [0.2, 0.25) is 0 Å². The summed E-state index contributed by atoms with van der Waals surface area (Å²) >= 11 is 0. The number of aromatic nitrogens is 1. The highest BCUT2D eigenvalue weighted by atomic mass is 16.1. The van der Waals surface area contributed by atoms with Gasteiger partial charge in [0.15, 0.2) is 0 Å². The molecule has 116 valence electrons. The number of benzene rings is 2. The summed E-state index contributed by atoms with van der Waals surface area (Å²) in [5, 5.41) is 5.29. The molecule has 1 aromatic heterocycles.